The molecule has 5 nitrogen and oxygen atoms in total. The zero-order valence-electron chi connectivity index (χ0n) is 16.3. The number of ether oxygens (including phenoxy) is 1. The lowest BCUT2D eigenvalue weighted by Gasteiger charge is -2.57. The van der Waals surface area contributed by atoms with Gasteiger partial charge in [0.05, 0.1) is 18.3 Å². The zero-order valence-corrected chi connectivity index (χ0v) is 18.6. The molecule has 0 saturated heterocycles. The molecule has 146 valence electrons. The first-order valence-electron chi connectivity index (χ1n) is 9.69. The summed E-state index contributed by atoms with van der Waals surface area (Å²) in [5.41, 5.74) is 2.57. The van der Waals surface area contributed by atoms with Crippen LogP contribution in [0.4, 0.5) is 0 Å². The number of aromatic nitrogens is 1. The molecule has 0 bridgehead atoms. The Labute approximate surface area is 174 Å². The maximum Gasteiger partial charge on any atom is 0.191 e. The highest BCUT2D eigenvalue weighted by Gasteiger charge is 2.55. The second-order valence-electron chi connectivity index (χ2n) is 7.36. The molecule has 1 heterocycles. The first-order valence-corrected chi connectivity index (χ1v) is 9.69. The van der Waals surface area contributed by atoms with Crippen molar-refractivity contribution in [2.45, 2.75) is 71.1 Å². The van der Waals surface area contributed by atoms with Crippen LogP contribution in [0.1, 0.15) is 56.7 Å². The average molecular weight is 472 g/mol. The minimum Gasteiger partial charge on any atom is -0.378 e. The van der Waals surface area contributed by atoms with E-state index in [4.69, 9.17) is 4.74 Å². The lowest BCUT2D eigenvalue weighted by Crippen LogP contribution is -2.66. The van der Waals surface area contributed by atoms with Crippen molar-refractivity contribution in [1.29, 1.82) is 0 Å². The maximum absolute atomic E-state index is 6.05. The standard InChI is InChI=1S/C20H32N4O.HI/c1-4-25-18-13-17(20(18)10-6-5-7-11-20)24-19(21-3)23-14-16-15(2)9-8-12-22-16;/h8-9,12,17-18H,4-7,10-11,13-14H2,1-3H3,(H2,21,23,24);1H. The van der Waals surface area contributed by atoms with Gasteiger partial charge >= 0.3 is 0 Å². The summed E-state index contributed by atoms with van der Waals surface area (Å²) in [5.74, 6) is 0.870. The summed E-state index contributed by atoms with van der Waals surface area (Å²) >= 11 is 0. The molecule has 0 aromatic carbocycles. The molecular weight excluding hydrogens is 439 g/mol. The monoisotopic (exact) mass is 472 g/mol. The number of aliphatic imine (C=N–C) groups is 1. The molecule has 1 aromatic heterocycles. The van der Waals surface area contributed by atoms with E-state index in [-0.39, 0.29) is 24.0 Å². The fourth-order valence-corrected chi connectivity index (χ4v) is 4.50. The second kappa shape index (κ2) is 9.88. The third kappa shape index (κ3) is 4.50. The van der Waals surface area contributed by atoms with Crippen LogP contribution in [0.3, 0.4) is 0 Å². The number of hydrogen-bond donors (Lipinski definition) is 2. The number of nitrogens with one attached hydrogen (secondary N) is 2. The topological polar surface area (TPSA) is 58.5 Å². The lowest BCUT2D eigenvalue weighted by molar-refractivity contribution is -0.145. The van der Waals surface area contributed by atoms with Crippen LogP contribution in [0.2, 0.25) is 0 Å². The van der Waals surface area contributed by atoms with Gasteiger partial charge in [-0.3, -0.25) is 9.98 Å². The fraction of sp³-hybridized carbons (Fsp3) is 0.700. The molecule has 3 rings (SSSR count). The van der Waals surface area contributed by atoms with Crippen LogP contribution in [0.5, 0.6) is 0 Å². The normalized spacial score (nSPS) is 24.5. The Morgan fingerprint density at radius 3 is 2.77 bits per heavy atom. The number of rotatable bonds is 5. The SMILES string of the molecule is CCOC1CC(NC(=NC)NCc2ncccc2C)C12CCCCC2.I. The summed E-state index contributed by atoms with van der Waals surface area (Å²) in [6.45, 7) is 5.70. The van der Waals surface area contributed by atoms with Gasteiger partial charge in [0, 0.05) is 31.3 Å². The van der Waals surface area contributed by atoms with Crippen LogP contribution >= 0.6 is 24.0 Å². The fourth-order valence-electron chi connectivity index (χ4n) is 4.50. The van der Waals surface area contributed by atoms with Crippen LogP contribution in [0.15, 0.2) is 23.3 Å². The first-order chi connectivity index (χ1) is 12.2. The van der Waals surface area contributed by atoms with Crippen molar-refractivity contribution >= 4 is 29.9 Å². The summed E-state index contributed by atoms with van der Waals surface area (Å²) in [4.78, 5) is 8.88. The van der Waals surface area contributed by atoms with E-state index in [0.29, 0.717) is 24.1 Å². The van der Waals surface area contributed by atoms with Crippen LogP contribution in [-0.4, -0.2) is 36.7 Å². The molecule has 2 aliphatic rings. The molecular formula is C20H33IN4O. The van der Waals surface area contributed by atoms with Gasteiger partial charge in [0.2, 0.25) is 0 Å². The minimum absolute atomic E-state index is 0. The van der Waals surface area contributed by atoms with Crippen LogP contribution in [0.25, 0.3) is 0 Å². The number of halogens is 1. The molecule has 26 heavy (non-hydrogen) atoms. The Morgan fingerprint density at radius 2 is 2.12 bits per heavy atom. The van der Waals surface area contributed by atoms with E-state index in [9.17, 15) is 0 Å². The van der Waals surface area contributed by atoms with Crippen molar-refractivity contribution < 1.29 is 4.74 Å². The van der Waals surface area contributed by atoms with Crippen LogP contribution in [-0.2, 0) is 11.3 Å². The van der Waals surface area contributed by atoms with E-state index >= 15 is 0 Å². The summed E-state index contributed by atoms with van der Waals surface area (Å²) in [5, 5.41) is 7.10. The van der Waals surface area contributed by atoms with E-state index in [0.717, 1.165) is 24.7 Å². The van der Waals surface area contributed by atoms with E-state index in [2.05, 4.69) is 40.5 Å². The quantitative estimate of drug-likeness (QED) is 0.389. The Kier molecular flexibility index (Phi) is 8.13. The van der Waals surface area contributed by atoms with E-state index in [1.165, 1.54) is 37.7 Å². The number of nitrogens with zero attached hydrogens (tertiary/aromatic N) is 2. The molecule has 1 aromatic rings. The highest BCUT2D eigenvalue weighted by Crippen LogP contribution is 2.53. The van der Waals surface area contributed by atoms with Gasteiger partial charge in [-0.2, -0.15) is 0 Å². The van der Waals surface area contributed by atoms with Gasteiger partial charge < -0.3 is 15.4 Å². The molecule has 2 aliphatic carbocycles. The molecule has 6 heteroatoms. The number of aryl methyl sites for hydroxylation is 1. The van der Waals surface area contributed by atoms with Crippen molar-refractivity contribution in [3.05, 3.63) is 29.6 Å². The van der Waals surface area contributed by atoms with Gasteiger partial charge in [0.15, 0.2) is 5.96 Å². The van der Waals surface area contributed by atoms with Crippen molar-refractivity contribution in [1.82, 2.24) is 15.6 Å². The van der Waals surface area contributed by atoms with Gasteiger partial charge in [-0.25, -0.2) is 0 Å². The van der Waals surface area contributed by atoms with E-state index in [1.807, 2.05) is 19.3 Å². The second-order valence-corrected chi connectivity index (χ2v) is 7.36. The maximum atomic E-state index is 6.05. The zero-order chi connectivity index (χ0) is 17.7. The Balaban J connectivity index is 0.00000243. The first kappa shape index (κ1) is 21.4. The van der Waals surface area contributed by atoms with Crippen LogP contribution in [0, 0.1) is 12.3 Å². The minimum atomic E-state index is 0. The predicted molar refractivity (Wildman–Crippen MR) is 117 cm³/mol. The highest BCUT2D eigenvalue weighted by atomic mass is 127. The number of hydrogen-bond acceptors (Lipinski definition) is 3. The van der Waals surface area contributed by atoms with Crippen molar-refractivity contribution in [3.8, 4) is 0 Å². The molecule has 0 radical (unpaired) electrons. The largest absolute Gasteiger partial charge is 0.378 e. The third-order valence-corrected chi connectivity index (χ3v) is 6.01. The van der Waals surface area contributed by atoms with Gasteiger partial charge in [-0.05, 0) is 44.7 Å². The van der Waals surface area contributed by atoms with Crippen molar-refractivity contribution in [2.75, 3.05) is 13.7 Å². The van der Waals surface area contributed by atoms with E-state index < -0.39 is 0 Å². The lowest BCUT2D eigenvalue weighted by atomic mass is 9.55. The van der Waals surface area contributed by atoms with Crippen molar-refractivity contribution in [3.63, 3.8) is 0 Å². The average Bonchev–Trinajstić information content (AvgIpc) is 2.65. The predicted octanol–water partition coefficient (Wildman–Crippen LogP) is 3.80. The summed E-state index contributed by atoms with van der Waals surface area (Å²) in [7, 11) is 1.84. The van der Waals surface area contributed by atoms with Gasteiger partial charge in [-0.1, -0.05) is 25.3 Å². The van der Waals surface area contributed by atoms with Gasteiger partial charge in [0.1, 0.15) is 0 Å². The molecule has 2 N–H and O–H groups in total. The van der Waals surface area contributed by atoms with Crippen LogP contribution < -0.4 is 10.6 Å². The molecule has 2 fully saturated rings. The van der Waals surface area contributed by atoms with Gasteiger partial charge in [-0.15, -0.1) is 24.0 Å². The third-order valence-electron chi connectivity index (χ3n) is 6.01. The van der Waals surface area contributed by atoms with Crippen molar-refractivity contribution in [2.24, 2.45) is 10.4 Å². The Morgan fingerprint density at radius 1 is 1.35 bits per heavy atom. The molecule has 2 saturated carbocycles. The Hall–Kier alpha value is -0.890. The molecule has 1 spiro atoms. The summed E-state index contributed by atoms with van der Waals surface area (Å²) < 4.78 is 6.05. The molecule has 2 atom stereocenters. The van der Waals surface area contributed by atoms with Gasteiger partial charge in [0.25, 0.3) is 0 Å². The highest BCUT2D eigenvalue weighted by molar-refractivity contribution is 14.0. The smallest absolute Gasteiger partial charge is 0.191 e. The Bertz CT molecular complexity index is 601. The number of pyridine rings is 1. The summed E-state index contributed by atoms with van der Waals surface area (Å²) in [6, 6.07) is 4.52. The summed E-state index contributed by atoms with van der Waals surface area (Å²) in [6.07, 6.45) is 9.87. The number of guanidine groups is 1. The molecule has 0 amide bonds. The van der Waals surface area contributed by atoms with E-state index in [1.54, 1.807) is 0 Å². The molecule has 0 aliphatic heterocycles. The molecule has 2 unspecified atom stereocenters.